The van der Waals surface area contributed by atoms with Gasteiger partial charge in [0, 0.05) is 3.57 Å². The van der Waals surface area contributed by atoms with Crippen LogP contribution in [0.25, 0.3) is 0 Å². The summed E-state index contributed by atoms with van der Waals surface area (Å²) in [5.41, 5.74) is 0.673. The van der Waals surface area contributed by atoms with Gasteiger partial charge in [-0.25, -0.2) is 4.39 Å². The molecule has 0 aromatic heterocycles. The van der Waals surface area contributed by atoms with Crippen LogP contribution >= 0.6 is 22.6 Å². The Kier molecular flexibility index (Phi) is 3.44. The largest absolute Gasteiger partial charge is 0.394 e. The topological polar surface area (TPSA) is 49.3 Å². The number of carbonyl (C=O) groups is 1. The molecule has 1 heterocycles. The van der Waals surface area contributed by atoms with Crippen molar-refractivity contribution in [2.24, 2.45) is 0 Å². The highest BCUT2D eigenvalue weighted by atomic mass is 127. The van der Waals surface area contributed by atoms with Crippen molar-refractivity contribution in [3.05, 3.63) is 33.1 Å². The first kappa shape index (κ1) is 11.8. The summed E-state index contributed by atoms with van der Waals surface area (Å²) in [6.07, 6.45) is 0.523. The van der Waals surface area contributed by atoms with Gasteiger partial charge in [0.1, 0.15) is 5.82 Å². The minimum atomic E-state index is -0.344. The molecule has 5 heteroatoms. The van der Waals surface area contributed by atoms with Crippen LogP contribution in [0.15, 0.2) is 18.2 Å². The summed E-state index contributed by atoms with van der Waals surface area (Å²) in [7, 11) is 0. The molecule has 1 aliphatic heterocycles. The van der Waals surface area contributed by atoms with E-state index in [4.69, 9.17) is 5.11 Å². The third kappa shape index (κ3) is 2.20. The van der Waals surface area contributed by atoms with Crippen LogP contribution in [0.4, 0.5) is 4.39 Å². The van der Waals surface area contributed by atoms with E-state index in [1.807, 2.05) is 22.6 Å². The van der Waals surface area contributed by atoms with Gasteiger partial charge in [-0.05, 0) is 46.7 Å². The number of rotatable bonds is 2. The van der Waals surface area contributed by atoms with Gasteiger partial charge in [-0.3, -0.25) is 4.79 Å². The van der Waals surface area contributed by atoms with Crippen LogP contribution in [-0.2, 0) is 4.79 Å². The lowest BCUT2D eigenvalue weighted by molar-refractivity contribution is -0.120. The number of nitrogens with one attached hydrogen (secondary N) is 1. The van der Waals surface area contributed by atoms with Crippen LogP contribution in [0.3, 0.4) is 0 Å². The summed E-state index contributed by atoms with van der Waals surface area (Å²) in [5, 5.41) is 11.6. The Labute approximate surface area is 106 Å². The average Bonchev–Trinajstić information content (AvgIpc) is 2.64. The number of benzene rings is 1. The van der Waals surface area contributed by atoms with Crippen LogP contribution in [0.5, 0.6) is 0 Å². The van der Waals surface area contributed by atoms with E-state index in [-0.39, 0.29) is 30.3 Å². The Balaban J connectivity index is 2.24. The van der Waals surface area contributed by atoms with Gasteiger partial charge in [0.25, 0.3) is 0 Å². The summed E-state index contributed by atoms with van der Waals surface area (Å²) in [4.78, 5) is 11.6. The molecule has 86 valence electrons. The molecule has 1 amide bonds. The molecule has 16 heavy (non-hydrogen) atoms. The van der Waals surface area contributed by atoms with Gasteiger partial charge in [0.2, 0.25) is 5.91 Å². The van der Waals surface area contributed by atoms with Crippen LogP contribution in [0.2, 0.25) is 0 Å². The standard InChI is InChI=1S/C11H11FINO2/c12-9-3-6(1-2-10(9)13)8-4-7(5-15)14-11(8)16/h1-3,7-8,15H,4-5H2,(H,14,16)/t7?,8-/m1/s1. The molecule has 2 N–H and O–H groups in total. The lowest BCUT2D eigenvalue weighted by Gasteiger charge is -2.07. The quantitative estimate of drug-likeness (QED) is 0.803. The van der Waals surface area contributed by atoms with E-state index in [2.05, 4.69) is 5.32 Å². The SMILES string of the molecule is O=C1NC(CO)C[C@@H]1c1ccc(I)c(F)c1. The second-order valence-electron chi connectivity index (χ2n) is 3.85. The molecule has 1 fully saturated rings. The molecule has 2 rings (SSSR count). The van der Waals surface area contributed by atoms with Crippen molar-refractivity contribution in [2.75, 3.05) is 6.61 Å². The van der Waals surface area contributed by atoms with Gasteiger partial charge < -0.3 is 10.4 Å². The maximum absolute atomic E-state index is 13.4. The summed E-state index contributed by atoms with van der Waals surface area (Å²) in [6, 6.07) is 4.60. The zero-order chi connectivity index (χ0) is 11.7. The number of amides is 1. The number of aliphatic hydroxyl groups excluding tert-OH is 1. The molecule has 0 bridgehead atoms. The van der Waals surface area contributed by atoms with E-state index in [1.165, 1.54) is 6.07 Å². The van der Waals surface area contributed by atoms with Crippen LogP contribution < -0.4 is 5.32 Å². The van der Waals surface area contributed by atoms with Crippen molar-refractivity contribution < 1.29 is 14.3 Å². The van der Waals surface area contributed by atoms with Crippen LogP contribution in [0, 0.1) is 9.39 Å². The van der Waals surface area contributed by atoms with Crippen LogP contribution in [0.1, 0.15) is 17.9 Å². The molecule has 0 spiro atoms. The van der Waals surface area contributed by atoms with E-state index >= 15 is 0 Å². The molecule has 1 aromatic carbocycles. The predicted octanol–water partition coefficient (Wildman–Crippen LogP) is 1.39. The molecule has 0 radical (unpaired) electrons. The van der Waals surface area contributed by atoms with E-state index in [1.54, 1.807) is 12.1 Å². The first-order valence-corrected chi connectivity index (χ1v) is 6.06. The normalized spacial score (nSPS) is 24.6. The fraction of sp³-hybridized carbons (Fsp3) is 0.364. The lowest BCUT2D eigenvalue weighted by Crippen LogP contribution is -2.28. The minimum Gasteiger partial charge on any atom is -0.394 e. The smallest absolute Gasteiger partial charge is 0.227 e. The number of aliphatic hydroxyl groups is 1. The molecule has 1 aliphatic rings. The Morgan fingerprint density at radius 2 is 2.31 bits per heavy atom. The minimum absolute atomic E-state index is 0.0743. The number of halogens is 2. The third-order valence-electron chi connectivity index (χ3n) is 2.75. The first-order valence-electron chi connectivity index (χ1n) is 4.98. The monoisotopic (exact) mass is 335 g/mol. The van der Waals surface area contributed by atoms with Gasteiger partial charge in [-0.15, -0.1) is 0 Å². The summed E-state index contributed by atoms with van der Waals surface area (Å²) in [5.74, 6) is -0.790. The lowest BCUT2D eigenvalue weighted by atomic mass is 9.96. The summed E-state index contributed by atoms with van der Waals surface area (Å²) < 4.78 is 13.9. The maximum Gasteiger partial charge on any atom is 0.227 e. The van der Waals surface area contributed by atoms with E-state index in [9.17, 15) is 9.18 Å². The van der Waals surface area contributed by atoms with Crippen molar-refractivity contribution in [3.8, 4) is 0 Å². The van der Waals surface area contributed by atoms with Crippen molar-refractivity contribution in [3.63, 3.8) is 0 Å². The third-order valence-corrected chi connectivity index (χ3v) is 3.62. The van der Waals surface area contributed by atoms with Gasteiger partial charge in [-0.2, -0.15) is 0 Å². The second kappa shape index (κ2) is 4.67. The molecular formula is C11H11FINO2. The Morgan fingerprint density at radius 3 is 2.88 bits per heavy atom. The van der Waals surface area contributed by atoms with Gasteiger partial charge in [0.05, 0.1) is 18.6 Å². The van der Waals surface area contributed by atoms with Gasteiger partial charge in [0.15, 0.2) is 0 Å². The fourth-order valence-corrected chi connectivity index (χ4v) is 2.22. The van der Waals surface area contributed by atoms with E-state index < -0.39 is 0 Å². The Morgan fingerprint density at radius 1 is 1.56 bits per heavy atom. The molecule has 3 nitrogen and oxygen atoms in total. The summed E-state index contributed by atoms with van der Waals surface area (Å²) in [6.45, 7) is -0.0743. The average molecular weight is 335 g/mol. The number of hydrogen-bond acceptors (Lipinski definition) is 2. The zero-order valence-corrected chi connectivity index (χ0v) is 10.6. The van der Waals surface area contributed by atoms with E-state index in [0.717, 1.165) is 0 Å². The molecule has 2 atom stereocenters. The van der Waals surface area contributed by atoms with Crippen molar-refractivity contribution in [1.29, 1.82) is 0 Å². The van der Waals surface area contributed by atoms with Gasteiger partial charge in [-0.1, -0.05) is 6.07 Å². The van der Waals surface area contributed by atoms with Crippen LogP contribution in [-0.4, -0.2) is 23.7 Å². The fourth-order valence-electron chi connectivity index (χ4n) is 1.89. The highest BCUT2D eigenvalue weighted by Crippen LogP contribution is 2.28. The van der Waals surface area contributed by atoms with Crippen molar-refractivity contribution in [1.82, 2.24) is 5.32 Å². The Hall–Kier alpha value is -0.690. The maximum atomic E-state index is 13.4. The van der Waals surface area contributed by atoms with Crippen molar-refractivity contribution in [2.45, 2.75) is 18.4 Å². The first-order chi connectivity index (χ1) is 7.61. The molecule has 1 aromatic rings. The second-order valence-corrected chi connectivity index (χ2v) is 5.01. The molecular weight excluding hydrogens is 324 g/mol. The predicted molar refractivity (Wildman–Crippen MR) is 65.5 cm³/mol. The molecule has 0 aliphatic carbocycles. The van der Waals surface area contributed by atoms with Gasteiger partial charge >= 0.3 is 0 Å². The molecule has 0 saturated carbocycles. The zero-order valence-electron chi connectivity index (χ0n) is 8.41. The summed E-state index contributed by atoms with van der Waals surface area (Å²) >= 11 is 1.91. The highest BCUT2D eigenvalue weighted by Gasteiger charge is 2.32. The Bertz CT molecular complexity index is 424. The van der Waals surface area contributed by atoms with Crippen molar-refractivity contribution >= 4 is 28.5 Å². The number of carbonyl (C=O) groups excluding carboxylic acids is 1. The molecule has 1 saturated heterocycles. The van der Waals surface area contributed by atoms with E-state index in [0.29, 0.717) is 15.6 Å². The highest BCUT2D eigenvalue weighted by molar-refractivity contribution is 14.1. The molecule has 1 unspecified atom stereocenters. The number of hydrogen-bond donors (Lipinski definition) is 2.